The molecule has 0 saturated heterocycles. The molecule has 0 amide bonds. The van der Waals surface area contributed by atoms with Crippen molar-refractivity contribution in [2.24, 2.45) is 5.73 Å². The molecule has 0 bridgehead atoms. The molecule has 0 fully saturated rings. The van der Waals surface area contributed by atoms with Crippen LogP contribution in [-0.4, -0.2) is 6.54 Å². The van der Waals surface area contributed by atoms with Crippen LogP contribution >= 0.6 is 9.90 Å². The fraction of sp³-hybridized carbons (Fsp3) is 0.100. The second kappa shape index (κ2) is 7.35. The number of rotatable bonds is 4. The van der Waals surface area contributed by atoms with E-state index < -0.39 is 0 Å². The van der Waals surface area contributed by atoms with E-state index in [2.05, 4.69) is 72.8 Å². The fourth-order valence-corrected chi connectivity index (χ4v) is 3.02. The van der Waals surface area contributed by atoms with Gasteiger partial charge in [0, 0.05) is 6.54 Å². The first-order valence-electron chi connectivity index (χ1n) is 7.24. The Morgan fingerprint density at radius 1 is 0.545 bits per heavy atom. The molecule has 2 N–H and O–H groups in total. The van der Waals surface area contributed by atoms with E-state index in [0.29, 0.717) is 6.54 Å². The molecule has 1 atom stereocenters. The Morgan fingerprint density at radius 2 is 0.818 bits per heavy atom. The van der Waals surface area contributed by atoms with Gasteiger partial charge >= 0.3 is 0 Å². The summed E-state index contributed by atoms with van der Waals surface area (Å²) in [5.74, 6) is 0. The van der Waals surface area contributed by atoms with Crippen molar-refractivity contribution in [3.8, 4) is 0 Å². The SMILES string of the molecule is NCC(c1ccccc1)(c1ccccc1)c1ccccc1.P. The topological polar surface area (TPSA) is 26.0 Å². The highest BCUT2D eigenvalue weighted by Gasteiger charge is 2.34. The van der Waals surface area contributed by atoms with E-state index in [-0.39, 0.29) is 15.3 Å². The lowest BCUT2D eigenvalue weighted by Crippen LogP contribution is -2.37. The van der Waals surface area contributed by atoms with Crippen LogP contribution in [0.4, 0.5) is 0 Å². The van der Waals surface area contributed by atoms with E-state index in [9.17, 15) is 0 Å². The van der Waals surface area contributed by atoms with E-state index >= 15 is 0 Å². The lowest BCUT2D eigenvalue weighted by Gasteiger charge is -2.34. The summed E-state index contributed by atoms with van der Waals surface area (Å²) in [6.07, 6.45) is 0. The van der Waals surface area contributed by atoms with Crippen molar-refractivity contribution >= 4 is 9.90 Å². The highest BCUT2D eigenvalue weighted by Crippen LogP contribution is 2.37. The molecular weight excluding hydrogens is 285 g/mol. The number of nitrogens with two attached hydrogens (primary N) is 1. The summed E-state index contributed by atoms with van der Waals surface area (Å²) in [7, 11) is 0. The normalized spacial score (nSPS) is 10.8. The summed E-state index contributed by atoms with van der Waals surface area (Å²) in [5, 5.41) is 0. The lowest BCUT2D eigenvalue weighted by molar-refractivity contribution is 0.629. The zero-order chi connectivity index (χ0) is 14.5. The Hall–Kier alpha value is -1.95. The van der Waals surface area contributed by atoms with Gasteiger partial charge in [0.05, 0.1) is 5.41 Å². The molecule has 0 heterocycles. The average molecular weight is 307 g/mol. The fourth-order valence-electron chi connectivity index (χ4n) is 3.02. The van der Waals surface area contributed by atoms with Gasteiger partial charge in [-0.05, 0) is 16.7 Å². The van der Waals surface area contributed by atoms with E-state index in [1.54, 1.807) is 0 Å². The summed E-state index contributed by atoms with van der Waals surface area (Å²) >= 11 is 0. The van der Waals surface area contributed by atoms with Gasteiger partial charge in [-0.15, -0.1) is 0 Å². The van der Waals surface area contributed by atoms with Gasteiger partial charge in [-0.1, -0.05) is 91.0 Å². The Balaban J connectivity index is 0.00000176. The maximum absolute atomic E-state index is 6.30. The molecule has 0 aromatic heterocycles. The van der Waals surface area contributed by atoms with Gasteiger partial charge in [0.15, 0.2) is 0 Å². The molecule has 0 aliphatic carbocycles. The van der Waals surface area contributed by atoms with Crippen LogP contribution in [0.2, 0.25) is 0 Å². The maximum Gasteiger partial charge on any atom is 0.0573 e. The van der Waals surface area contributed by atoms with Crippen LogP contribution in [-0.2, 0) is 5.41 Å². The molecule has 3 aromatic carbocycles. The van der Waals surface area contributed by atoms with Crippen molar-refractivity contribution in [1.29, 1.82) is 0 Å². The minimum atomic E-state index is -0.302. The molecule has 2 heteroatoms. The molecule has 0 radical (unpaired) electrons. The molecule has 22 heavy (non-hydrogen) atoms. The van der Waals surface area contributed by atoms with Crippen LogP contribution in [0.25, 0.3) is 0 Å². The smallest absolute Gasteiger partial charge is 0.0573 e. The Morgan fingerprint density at radius 3 is 1.05 bits per heavy atom. The number of hydrogen-bond donors (Lipinski definition) is 1. The molecule has 3 aromatic rings. The van der Waals surface area contributed by atoms with E-state index in [1.165, 1.54) is 16.7 Å². The highest BCUT2D eigenvalue weighted by atomic mass is 31.0. The van der Waals surface area contributed by atoms with Crippen molar-refractivity contribution in [1.82, 2.24) is 0 Å². The van der Waals surface area contributed by atoms with Gasteiger partial charge in [0.25, 0.3) is 0 Å². The molecule has 1 nitrogen and oxygen atoms in total. The molecule has 3 rings (SSSR count). The lowest BCUT2D eigenvalue weighted by atomic mass is 9.69. The minimum Gasteiger partial charge on any atom is -0.329 e. The van der Waals surface area contributed by atoms with Crippen LogP contribution < -0.4 is 5.73 Å². The zero-order valence-corrected chi connectivity index (χ0v) is 14.1. The Labute approximate surface area is 135 Å². The maximum atomic E-state index is 6.30. The average Bonchev–Trinajstić information content (AvgIpc) is 2.59. The number of benzene rings is 3. The Kier molecular flexibility index (Phi) is 5.49. The molecule has 0 aliphatic rings. The summed E-state index contributed by atoms with van der Waals surface area (Å²) in [6, 6.07) is 31.5. The van der Waals surface area contributed by atoms with E-state index in [1.807, 2.05) is 18.2 Å². The van der Waals surface area contributed by atoms with Gasteiger partial charge in [0.1, 0.15) is 0 Å². The van der Waals surface area contributed by atoms with Crippen molar-refractivity contribution in [3.63, 3.8) is 0 Å². The largest absolute Gasteiger partial charge is 0.329 e. The van der Waals surface area contributed by atoms with Crippen LogP contribution in [0, 0.1) is 0 Å². The first-order chi connectivity index (χ1) is 10.4. The van der Waals surface area contributed by atoms with Crippen molar-refractivity contribution < 1.29 is 0 Å². The van der Waals surface area contributed by atoms with Gasteiger partial charge < -0.3 is 5.73 Å². The predicted molar refractivity (Wildman–Crippen MR) is 99.4 cm³/mol. The van der Waals surface area contributed by atoms with Crippen LogP contribution in [0.3, 0.4) is 0 Å². The second-order valence-electron chi connectivity index (χ2n) is 5.21. The predicted octanol–water partition coefficient (Wildman–Crippen LogP) is 4.04. The summed E-state index contributed by atoms with van der Waals surface area (Å²) in [4.78, 5) is 0. The van der Waals surface area contributed by atoms with Gasteiger partial charge in [0.2, 0.25) is 0 Å². The third-order valence-corrected chi connectivity index (χ3v) is 4.11. The Bertz CT molecular complexity index is 584. The third kappa shape index (κ3) is 2.83. The molecule has 112 valence electrons. The third-order valence-electron chi connectivity index (χ3n) is 4.11. The van der Waals surface area contributed by atoms with Crippen molar-refractivity contribution in [2.75, 3.05) is 6.54 Å². The van der Waals surface area contributed by atoms with Crippen molar-refractivity contribution in [3.05, 3.63) is 108 Å². The molecule has 0 spiro atoms. The van der Waals surface area contributed by atoms with Gasteiger partial charge in [-0.2, -0.15) is 9.90 Å². The standard InChI is InChI=1S/C20H19N.H3P/c21-16-20(17-10-4-1-5-11-17,18-12-6-2-7-13-18)19-14-8-3-9-15-19;/h1-15H,16,21H2;1H3. The first-order valence-corrected chi connectivity index (χ1v) is 7.24. The van der Waals surface area contributed by atoms with Crippen LogP contribution in [0.1, 0.15) is 16.7 Å². The molecule has 0 aliphatic heterocycles. The molecular formula is C20H22NP. The zero-order valence-electron chi connectivity index (χ0n) is 12.7. The quantitative estimate of drug-likeness (QED) is 0.571. The molecule has 1 unspecified atom stereocenters. The summed E-state index contributed by atoms with van der Waals surface area (Å²) in [6.45, 7) is 0.533. The van der Waals surface area contributed by atoms with Crippen LogP contribution in [0.5, 0.6) is 0 Å². The monoisotopic (exact) mass is 307 g/mol. The minimum absolute atomic E-state index is 0. The highest BCUT2D eigenvalue weighted by molar-refractivity contribution is 6.92. The summed E-state index contributed by atoms with van der Waals surface area (Å²) in [5.41, 5.74) is 9.68. The van der Waals surface area contributed by atoms with E-state index in [0.717, 1.165) is 0 Å². The van der Waals surface area contributed by atoms with Crippen LogP contribution in [0.15, 0.2) is 91.0 Å². The van der Waals surface area contributed by atoms with Crippen molar-refractivity contribution in [2.45, 2.75) is 5.41 Å². The molecule has 0 saturated carbocycles. The van der Waals surface area contributed by atoms with Gasteiger partial charge in [-0.3, -0.25) is 0 Å². The van der Waals surface area contributed by atoms with E-state index in [4.69, 9.17) is 5.73 Å². The number of hydrogen-bond acceptors (Lipinski definition) is 1. The van der Waals surface area contributed by atoms with Gasteiger partial charge in [-0.25, -0.2) is 0 Å². The first kappa shape index (κ1) is 16.4. The second-order valence-corrected chi connectivity index (χ2v) is 5.21. The summed E-state index contributed by atoms with van der Waals surface area (Å²) < 4.78 is 0.